The third-order valence-corrected chi connectivity index (χ3v) is 2.73. The average Bonchev–Trinajstić information content (AvgIpc) is 2.40. The molecule has 0 N–H and O–H groups in total. The summed E-state index contributed by atoms with van der Waals surface area (Å²) < 4.78 is 5.97. The van der Waals surface area contributed by atoms with E-state index in [0.29, 0.717) is 16.5 Å². The van der Waals surface area contributed by atoms with Crippen molar-refractivity contribution >= 4 is 23.5 Å². The lowest BCUT2D eigenvalue weighted by atomic mass is 10.2. The monoisotopic (exact) mass is 261 g/mol. The molecule has 0 spiro atoms. The van der Waals surface area contributed by atoms with Gasteiger partial charge in [0, 0.05) is 17.2 Å². The van der Waals surface area contributed by atoms with Gasteiger partial charge in [-0.3, -0.25) is 0 Å². The van der Waals surface area contributed by atoms with E-state index in [1.54, 1.807) is 31.4 Å². The Balaban J connectivity index is 2.35. The van der Waals surface area contributed by atoms with Gasteiger partial charge in [0.25, 0.3) is 0 Å². The molecule has 3 nitrogen and oxygen atoms in total. The first-order valence-electron chi connectivity index (χ1n) is 5.40. The highest BCUT2D eigenvalue weighted by molar-refractivity contribution is 6.30. The van der Waals surface area contributed by atoms with Gasteiger partial charge in [0.2, 0.25) is 5.69 Å². The van der Waals surface area contributed by atoms with E-state index in [-0.39, 0.29) is 0 Å². The minimum atomic E-state index is 0.519. The van der Waals surface area contributed by atoms with E-state index in [9.17, 15) is 5.21 Å². The molecular weight excluding hydrogens is 250 g/mol. The van der Waals surface area contributed by atoms with E-state index in [0.717, 1.165) is 10.3 Å². The molecule has 2 aromatic rings. The van der Waals surface area contributed by atoms with Gasteiger partial charge >= 0.3 is 0 Å². The highest BCUT2D eigenvalue weighted by Gasteiger charge is 2.05. The minimum Gasteiger partial charge on any atom is -0.618 e. The smallest absolute Gasteiger partial charge is 0.216 e. The van der Waals surface area contributed by atoms with Crippen molar-refractivity contribution in [1.29, 1.82) is 0 Å². The van der Waals surface area contributed by atoms with Crippen molar-refractivity contribution in [2.24, 2.45) is 0 Å². The summed E-state index contributed by atoms with van der Waals surface area (Å²) in [6.45, 7) is 0. The molecule has 0 fully saturated rings. The second kappa shape index (κ2) is 5.56. The fourth-order valence-corrected chi connectivity index (χ4v) is 1.69. The quantitative estimate of drug-likeness (QED) is 0.366. The van der Waals surface area contributed by atoms with E-state index in [2.05, 4.69) is 0 Å². The zero-order valence-corrected chi connectivity index (χ0v) is 10.6. The molecule has 0 amide bonds. The molecule has 92 valence electrons. The Morgan fingerprint density at radius 3 is 2.44 bits per heavy atom. The van der Waals surface area contributed by atoms with Gasteiger partial charge in [0.05, 0.1) is 12.7 Å². The lowest BCUT2D eigenvalue weighted by Gasteiger charge is -2.05. The van der Waals surface area contributed by atoms with Crippen molar-refractivity contribution in [2.45, 2.75) is 0 Å². The van der Waals surface area contributed by atoms with Gasteiger partial charge in [-0.25, -0.2) is 0 Å². The molecule has 0 aliphatic carbocycles. The van der Waals surface area contributed by atoms with Crippen LogP contribution in [0.25, 0.3) is 0 Å². The Kier molecular flexibility index (Phi) is 3.85. The fourth-order valence-electron chi connectivity index (χ4n) is 1.56. The topological polar surface area (TPSA) is 35.3 Å². The lowest BCUT2D eigenvalue weighted by Crippen LogP contribution is -2.00. The van der Waals surface area contributed by atoms with Crippen molar-refractivity contribution < 1.29 is 9.48 Å². The van der Waals surface area contributed by atoms with Gasteiger partial charge in [0.1, 0.15) is 5.75 Å². The molecule has 0 saturated heterocycles. The Labute approximate surface area is 110 Å². The van der Waals surface area contributed by atoms with Gasteiger partial charge in [-0.2, -0.15) is 4.74 Å². The molecule has 0 aliphatic heterocycles. The lowest BCUT2D eigenvalue weighted by molar-refractivity contribution is -0.354. The maximum Gasteiger partial charge on any atom is 0.216 e. The minimum absolute atomic E-state index is 0.519. The van der Waals surface area contributed by atoms with Crippen LogP contribution >= 0.6 is 11.6 Å². The number of nitrogens with zero attached hydrogens (tertiary/aromatic N) is 1. The first-order valence-corrected chi connectivity index (χ1v) is 5.78. The van der Waals surface area contributed by atoms with Crippen molar-refractivity contribution in [3.63, 3.8) is 0 Å². The number of hydrogen-bond donors (Lipinski definition) is 0. The van der Waals surface area contributed by atoms with Crippen LogP contribution in [0.1, 0.15) is 5.56 Å². The summed E-state index contributed by atoms with van der Waals surface area (Å²) in [5, 5.41) is 12.6. The van der Waals surface area contributed by atoms with Gasteiger partial charge in [0.15, 0.2) is 6.21 Å². The van der Waals surface area contributed by atoms with E-state index >= 15 is 0 Å². The maximum atomic E-state index is 12.0. The first kappa shape index (κ1) is 12.5. The second-order valence-corrected chi connectivity index (χ2v) is 4.11. The van der Waals surface area contributed by atoms with Crippen molar-refractivity contribution in [1.82, 2.24) is 0 Å². The van der Waals surface area contributed by atoms with Crippen LogP contribution in [-0.4, -0.2) is 18.1 Å². The van der Waals surface area contributed by atoms with E-state index in [1.807, 2.05) is 24.3 Å². The summed E-state index contributed by atoms with van der Waals surface area (Å²) >= 11 is 5.77. The molecule has 0 aromatic heterocycles. The van der Waals surface area contributed by atoms with Crippen LogP contribution in [0.4, 0.5) is 5.69 Å². The Morgan fingerprint density at radius 2 is 1.78 bits per heavy atom. The summed E-state index contributed by atoms with van der Waals surface area (Å²) in [5.74, 6) is 0.660. The Bertz CT molecular complexity index is 564. The van der Waals surface area contributed by atoms with E-state index in [4.69, 9.17) is 16.3 Å². The second-order valence-electron chi connectivity index (χ2n) is 3.67. The van der Waals surface area contributed by atoms with Crippen molar-refractivity contribution in [3.05, 3.63) is 64.3 Å². The number of methoxy groups -OCH3 is 1. The van der Waals surface area contributed by atoms with Gasteiger partial charge in [-0.15, -0.1) is 0 Å². The number of halogens is 1. The number of para-hydroxylation sites is 1. The molecule has 4 heteroatoms. The predicted octanol–water partition coefficient (Wildman–Crippen LogP) is 3.61. The largest absolute Gasteiger partial charge is 0.618 e. The number of benzene rings is 2. The average molecular weight is 262 g/mol. The fraction of sp³-hybridized carbons (Fsp3) is 0.0714. The molecular formula is C14H12ClNO2. The van der Waals surface area contributed by atoms with Crippen LogP contribution in [-0.2, 0) is 0 Å². The normalized spacial score (nSPS) is 11.3. The third-order valence-electron chi connectivity index (χ3n) is 2.48. The molecule has 0 heterocycles. The summed E-state index contributed by atoms with van der Waals surface area (Å²) in [7, 11) is 1.57. The number of rotatable bonds is 3. The van der Waals surface area contributed by atoms with Crippen LogP contribution in [0.5, 0.6) is 5.75 Å². The van der Waals surface area contributed by atoms with Crippen LogP contribution in [0.3, 0.4) is 0 Å². The van der Waals surface area contributed by atoms with Crippen LogP contribution in [0, 0.1) is 5.21 Å². The molecule has 2 rings (SSSR count). The molecule has 2 aromatic carbocycles. The van der Waals surface area contributed by atoms with Crippen LogP contribution in [0.15, 0.2) is 48.5 Å². The predicted molar refractivity (Wildman–Crippen MR) is 72.9 cm³/mol. The van der Waals surface area contributed by atoms with Gasteiger partial charge < -0.3 is 9.94 Å². The van der Waals surface area contributed by atoms with Gasteiger partial charge in [-0.05, 0) is 24.3 Å². The summed E-state index contributed by atoms with van der Waals surface area (Å²) in [4.78, 5) is 0. The Morgan fingerprint density at radius 1 is 1.11 bits per heavy atom. The van der Waals surface area contributed by atoms with E-state index in [1.165, 1.54) is 6.21 Å². The standard InChI is InChI=1S/C14H12ClNO2/c1-18-14-5-3-2-4-11(14)10-16(17)13-8-6-12(15)7-9-13/h2-10H,1H3. The summed E-state index contributed by atoms with van der Waals surface area (Å²) in [6, 6.07) is 14.0. The molecule has 0 radical (unpaired) electrons. The molecule has 0 atom stereocenters. The molecule has 0 aliphatic rings. The Hall–Kier alpha value is -2.00. The van der Waals surface area contributed by atoms with Crippen LogP contribution in [0.2, 0.25) is 5.02 Å². The molecule has 0 unspecified atom stereocenters. The maximum absolute atomic E-state index is 12.0. The van der Waals surface area contributed by atoms with Crippen molar-refractivity contribution in [3.8, 4) is 5.75 Å². The highest BCUT2D eigenvalue weighted by atomic mass is 35.5. The molecule has 0 saturated carbocycles. The van der Waals surface area contributed by atoms with Crippen LogP contribution < -0.4 is 4.74 Å². The number of ether oxygens (including phenoxy) is 1. The third kappa shape index (κ3) is 2.81. The number of hydrogen-bond acceptors (Lipinski definition) is 2. The zero-order chi connectivity index (χ0) is 13.0. The highest BCUT2D eigenvalue weighted by Crippen LogP contribution is 2.18. The SMILES string of the molecule is COc1ccccc1C=[N+]([O-])c1ccc(Cl)cc1. The van der Waals surface area contributed by atoms with E-state index < -0.39 is 0 Å². The van der Waals surface area contributed by atoms with Gasteiger partial charge in [-0.1, -0.05) is 23.7 Å². The summed E-state index contributed by atoms with van der Waals surface area (Å²) in [6.07, 6.45) is 1.47. The molecule has 0 bridgehead atoms. The van der Waals surface area contributed by atoms with Crippen molar-refractivity contribution in [2.75, 3.05) is 7.11 Å². The molecule has 18 heavy (non-hydrogen) atoms. The zero-order valence-electron chi connectivity index (χ0n) is 9.84. The summed E-state index contributed by atoms with van der Waals surface area (Å²) in [5.41, 5.74) is 1.25. The first-order chi connectivity index (χ1) is 8.70.